The topological polar surface area (TPSA) is 49.4 Å². The molecular formula is C11H15FN2O2S. The summed E-state index contributed by atoms with van der Waals surface area (Å²) < 4.78 is 35.4. The normalized spacial score (nSPS) is 16.5. The van der Waals surface area contributed by atoms with Crippen LogP contribution in [0.4, 0.5) is 10.1 Å². The van der Waals surface area contributed by atoms with Gasteiger partial charge in [-0.1, -0.05) is 12.1 Å². The van der Waals surface area contributed by atoms with Crippen molar-refractivity contribution in [1.82, 2.24) is 5.32 Å². The lowest BCUT2D eigenvalue weighted by Gasteiger charge is -2.30. The van der Waals surface area contributed by atoms with E-state index in [1.165, 1.54) is 6.07 Å². The van der Waals surface area contributed by atoms with E-state index in [9.17, 15) is 12.8 Å². The van der Waals surface area contributed by atoms with Gasteiger partial charge in [0.15, 0.2) is 5.82 Å². The van der Waals surface area contributed by atoms with Gasteiger partial charge >= 0.3 is 0 Å². The summed E-state index contributed by atoms with van der Waals surface area (Å²) in [4.78, 5) is 1.94. The highest BCUT2D eigenvalue weighted by Crippen LogP contribution is 2.23. The maximum absolute atomic E-state index is 14.1. The lowest BCUT2D eigenvalue weighted by atomic mass is 10.2. The molecule has 0 aliphatic carbocycles. The molecule has 0 unspecified atom stereocenters. The number of benzene rings is 1. The van der Waals surface area contributed by atoms with Gasteiger partial charge in [0.2, 0.25) is 0 Å². The molecule has 6 heteroatoms. The Morgan fingerprint density at radius 1 is 1.29 bits per heavy atom. The molecule has 1 aromatic carbocycles. The highest BCUT2D eigenvalue weighted by Gasteiger charge is 2.16. The number of halogens is 1. The predicted octanol–water partition coefficient (Wildman–Crippen LogP) is 0.347. The summed E-state index contributed by atoms with van der Waals surface area (Å²) in [5.74, 6) is -0.644. The lowest BCUT2D eigenvalue weighted by molar-refractivity contribution is 0.561. The van der Waals surface area contributed by atoms with Gasteiger partial charge in [0.25, 0.3) is 0 Å². The molecule has 17 heavy (non-hydrogen) atoms. The Morgan fingerprint density at radius 2 is 2.00 bits per heavy atom. The number of hydrogen-bond donors (Lipinski definition) is 2. The van der Waals surface area contributed by atoms with E-state index < -0.39 is 16.5 Å². The Bertz CT molecular complexity index is 463. The highest BCUT2D eigenvalue weighted by atomic mass is 32.2. The van der Waals surface area contributed by atoms with Crippen molar-refractivity contribution in [3.05, 3.63) is 29.6 Å². The Morgan fingerprint density at radius 3 is 2.65 bits per heavy atom. The summed E-state index contributed by atoms with van der Waals surface area (Å²) >= 11 is 0. The van der Waals surface area contributed by atoms with Gasteiger partial charge in [0.1, 0.15) is 10.7 Å². The standard InChI is InChI=1S/C11H15FN2O2S/c12-11-9(8-17(15)16)2-1-3-10(11)14-6-4-13-5-7-14/h1-3,13,17H,4-8H2. The van der Waals surface area contributed by atoms with E-state index in [0.29, 0.717) is 5.69 Å². The van der Waals surface area contributed by atoms with E-state index in [4.69, 9.17) is 0 Å². The first-order valence-electron chi connectivity index (χ1n) is 5.53. The third kappa shape index (κ3) is 2.95. The van der Waals surface area contributed by atoms with Crippen molar-refractivity contribution in [1.29, 1.82) is 0 Å². The van der Waals surface area contributed by atoms with Gasteiger partial charge in [-0.3, -0.25) is 0 Å². The van der Waals surface area contributed by atoms with Crippen LogP contribution in [0.5, 0.6) is 0 Å². The van der Waals surface area contributed by atoms with Crippen LogP contribution in [0.25, 0.3) is 0 Å². The second kappa shape index (κ2) is 5.46. The number of rotatable bonds is 3. The molecule has 1 aliphatic heterocycles. The molecule has 0 amide bonds. The Hall–Kier alpha value is -1.14. The predicted molar refractivity (Wildman–Crippen MR) is 65.5 cm³/mol. The monoisotopic (exact) mass is 258 g/mol. The van der Waals surface area contributed by atoms with Crippen LogP contribution in [0.3, 0.4) is 0 Å². The van der Waals surface area contributed by atoms with E-state index in [2.05, 4.69) is 5.32 Å². The van der Waals surface area contributed by atoms with Crippen LogP contribution in [-0.4, -0.2) is 34.6 Å². The number of thiol groups is 1. The first-order valence-corrected chi connectivity index (χ1v) is 6.89. The van der Waals surface area contributed by atoms with Crippen LogP contribution in [-0.2, 0) is 16.5 Å². The zero-order valence-corrected chi connectivity index (χ0v) is 10.3. The Kier molecular flexibility index (Phi) is 3.96. The van der Waals surface area contributed by atoms with Crippen molar-refractivity contribution in [2.45, 2.75) is 5.75 Å². The van der Waals surface area contributed by atoms with E-state index in [1.807, 2.05) is 4.90 Å². The van der Waals surface area contributed by atoms with Gasteiger partial charge in [-0.2, -0.15) is 0 Å². The van der Waals surface area contributed by atoms with Gasteiger partial charge in [0.05, 0.1) is 11.4 Å². The minimum atomic E-state index is -2.59. The van der Waals surface area contributed by atoms with Crippen molar-refractivity contribution in [2.24, 2.45) is 0 Å². The number of anilines is 1. The van der Waals surface area contributed by atoms with Crippen LogP contribution < -0.4 is 10.2 Å². The second-order valence-corrected chi connectivity index (χ2v) is 4.96. The van der Waals surface area contributed by atoms with Crippen LogP contribution in [0.15, 0.2) is 18.2 Å². The molecule has 1 aromatic rings. The molecule has 94 valence electrons. The molecule has 0 spiro atoms. The van der Waals surface area contributed by atoms with E-state index >= 15 is 0 Å². The van der Waals surface area contributed by atoms with Crippen molar-refractivity contribution < 1.29 is 12.8 Å². The lowest BCUT2D eigenvalue weighted by Crippen LogP contribution is -2.43. The van der Waals surface area contributed by atoms with Crippen molar-refractivity contribution in [2.75, 3.05) is 31.1 Å². The summed E-state index contributed by atoms with van der Waals surface area (Å²) in [5.41, 5.74) is 0.748. The Labute approximate surface area is 101 Å². The molecule has 1 fully saturated rings. The Balaban J connectivity index is 2.27. The third-order valence-corrected chi connectivity index (χ3v) is 3.41. The molecule has 0 saturated carbocycles. The molecule has 1 saturated heterocycles. The minimum absolute atomic E-state index is 0.235. The average molecular weight is 258 g/mol. The molecule has 0 bridgehead atoms. The molecule has 2 rings (SSSR count). The number of nitrogens with zero attached hydrogens (tertiary/aromatic N) is 1. The second-order valence-electron chi connectivity index (χ2n) is 3.98. The van der Waals surface area contributed by atoms with E-state index in [-0.39, 0.29) is 11.3 Å². The minimum Gasteiger partial charge on any atom is -0.367 e. The summed E-state index contributed by atoms with van der Waals surface area (Å²) in [5, 5.41) is 3.19. The maximum atomic E-state index is 14.1. The van der Waals surface area contributed by atoms with Gasteiger partial charge in [0, 0.05) is 31.7 Å². The summed E-state index contributed by atoms with van der Waals surface area (Å²) in [6.45, 7) is 3.12. The van der Waals surface area contributed by atoms with Gasteiger partial charge in [-0.05, 0) is 6.07 Å². The zero-order valence-electron chi connectivity index (χ0n) is 9.36. The van der Waals surface area contributed by atoms with Crippen LogP contribution in [0, 0.1) is 5.82 Å². The summed E-state index contributed by atoms with van der Waals surface area (Å²) in [6.07, 6.45) is 0. The SMILES string of the molecule is O=[SH](=O)Cc1cccc(N2CCNCC2)c1F. The van der Waals surface area contributed by atoms with Gasteiger partial charge in [-0.25, -0.2) is 12.8 Å². The number of nitrogens with one attached hydrogen (secondary N) is 1. The molecule has 1 heterocycles. The quantitative estimate of drug-likeness (QED) is 0.768. The maximum Gasteiger partial charge on any atom is 0.150 e. The van der Waals surface area contributed by atoms with Crippen LogP contribution in [0.2, 0.25) is 0 Å². The number of hydrogen-bond acceptors (Lipinski definition) is 4. The van der Waals surface area contributed by atoms with Gasteiger partial charge < -0.3 is 10.2 Å². The molecular weight excluding hydrogens is 243 g/mol. The molecule has 0 atom stereocenters. The van der Waals surface area contributed by atoms with Crippen molar-refractivity contribution in [3.63, 3.8) is 0 Å². The molecule has 1 N–H and O–H groups in total. The fourth-order valence-electron chi connectivity index (χ4n) is 1.98. The van der Waals surface area contributed by atoms with Crippen molar-refractivity contribution in [3.8, 4) is 0 Å². The van der Waals surface area contributed by atoms with Gasteiger partial charge in [-0.15, -0.1) is 0 Å². The fraction of sp³-hybridized carbons (Fsp3) is 0.455. The highest BCUT2D eigenvalue weighted by molar-refractivity contribution is 7.71. The van der Waals surface area contributed by atoms with Crippen molar-refractivity contribution >= 4 is 16.4 Å². The van der Waals surface area contributed by atoms with Crippen LogP contribution >= 0.6 is 0 Å². The van der Waals surface area contributed by atoms with Crippen LogP contribution in [0.1, 0.15) is 5.56 Å². The zero-order chi connectivity index (χ0) is 12.3. The first kappa shape index (κ1) is 12.3. The number of piperazine rings is 1. The summed E-state index contributed by atoms with van der Waals surface area (Å²) in [6, 6.07) is 4.92. The average Bonchev–Trinajstić information content (AvgIpc) is 2.32. The van der Waals surface area contributed by atoms with E-state index in [0.717, 1.165) is 26.2 Å². The molecule has 0 aromatic heterocycles. The van der Waals surface area contributed by atoms with E-state index in [1.54, 1.807) is 12.1 Å². The largest absolute Gasteiger partial charge is 0.367 e. The first-order chi connectivity index (χ1) is 8.18. The molecule has 1 aliphatic rings. The fourth-order valence-corrected chi connectivity index (χ4v) is 2.50. The smallest absolute Gasteiger partial charge is 0.150 e. The molecule has 4 nitrogen and oxygen atoms in total. The summed E-state index contributed by atoms with van der Waals surface area (Å²) in [7, 11) is -2.59. The molecule has 0 radical (unpaired) electrons. The third-order valence-electron chi connectivity index (χ3n) is 2.82.